The summed E-state index contributed by atoms with van der Waals surface area (Å²) in [5.74, 6) is 3.17. The van der Waals surface area contributed by atoms with Gasteiger partial charge in [0.15, 0.2) is 0 Å². The maximum Gasteiger partial charge on any atom is 1.00 e. The van der Waals surface area contributed by atoms with E-state index in [-0.39, 0.29) is 53.6 Å². The van der Waals surface area contributed by atoms with Crippen molar-refractivity contribution in [1.82, 2.24) is 9.97 Å². The molecule has 2 aromatic carbocycles. The van der Waals surface area contributed by atoms with Crippen LogP contribution in [0.25, 0.3) is 28.4 Å². The zero-order valence-corrected chi connectivity index (χ0v) is 25.0. The van der Waals surface area contributed by atoms with Crippen LogP contribution in [0, 0.1) is 11.6 Å². The zero-order valence-electron chi connectivity index (χ0n) is 21.4. The maximum atomic E-state index is 12.8. The average molecular weight is 586 g/mol. The van der Waals surface area contributed by atoms with Crippen LogP contribution < -0.4 is 29.6 Å². The molecule has 0 bridgehead atoms. The Morgan fingerprint density at radius 1 is 0.821 bits per heavy atom. The van der Waals surface area contributed by atoms with E-state index in [9.17, 15) is 18.4 Å². The molecule has 4 rings (SSSR count). The largest absolute Gasteiger partial charge is 1.00 e. The number of nitrogens with one attached hydrogen (secondary N) is 1. The number of aliphatic carboxylic acids is 1. The molecule has 0 atom stereocenters. The van der Waals surface area contributed by atoms with Crippen LogP contribution in [0.4, 0.5) is 8.78 Å². The van der Waals surface area contributed by atoms with Crippen LogP contribution in [0.15, 0.2) is 59.3 Å². The van der Waals surface area contributed by atoms with Gasteiger partial charge in [-0.05, 0) is 55.5 Å². The fourth-order valence-corrected chi connectivity index (χ4v) is 4.63. The fraction of sp³-hybridized carbons (Fsp3) is 0.231. The quantitative estimate of drug-likeness (QED) is 0.173. The third-order valence-corrected chi connectivity index (χ3v) is 6.60. The molecule has 0 fully saturated rings. The van der Waals surface area contributed by atoms with Crippen molar-refractivity contribution in [2.75, 3.05) is 6.61 Å². The monoisotopic (exact) mass is 585 g/mol. The number of nitrogens with zero attached hydrogens (tertiary/aromatic N) is 2. The molecule has 2 aromatic heterocycles. The molecule has 13 heteroatoms. The number of esters is 1. The molecule has 4 aromatic rings. The van der Waals surface area contributed by atoms with E-state index < -0.39 is 5.97 Å². The number of aryl methyl sites for hydroxylation is 2. The van der Waals surface area contributed by atoms with Crippen LogP contribution >= 0.6 is 22.7 Å². The summed E-state index contributed by atoms with van der Waals surface area (Å²) in [5, 5.41) is 20.2. The number of carboxylic acids is 1. The minimum atomic E-state index is -0.830. The molecule has 202 valence electrons. The van der Waals surface area contributed by atoms with Crippen molar-refractivity contribution in [2.45, 2.75) is 32.6 Å². The van der Waals surface area contributed by atoms with Crippen LogP contribution in [0.2, 0.25) is 0 Å². The molecule has 0 unspecified atom stereocenters. The Bertz CT molecular complexity index is 1290. The molecular formula is C26H26F2N3NaO5S2. The van der Waals surface area contributed by atoms with E-state index in [1.807, 2.05) is 10.8 Å². The van der Waals surface area contributed by atoms with E-state index in [2.05, 4.69) is 9.97 Å². The first-order chi connectivity index (χ1) is 18.3. The van der Waals surface area contributed by atoms with Gasteiger partial charge in [-0.2, -0.15) is 0 Å². The van der Waals surface area contributed by atoms with Gasteiger partial charge in [0.05, 0.1) is 40.9 Å². The number of halogens is 2. The van der Waals surface area contributed by atoms with Gasteiger partial charge in [0.2, 0.25) is 0 Å². The van der Waals surface area contributed by atoms with Crippen molar-refractivity contribution >= 4 is 34.6 Å². The Kier molecular flexibility index (Phi) is 16.5. The van der Waals surface area contributed by atoms with E-state index in [4.69, 9.17) is 20.9 Å². The Morgan fingerprint density at radius 3 is 1.62 bits per heavy atom. The standard InChI is InChI=1S/C14H14FNO2S.C12H10FNO2S.H2NO.Na/c1-2-18-14(17)8-7-13-16-12(9-19-13)10-3-5-11(15)6-4-10;13-9-3-1-8(2-4-9)10-7-17-11(14-10)5-6-12(15)16;1-2;/h3-6,9H,2,7-8H2,1H3;1-4,7H,5-6H2,(H,15,16);1-2H;/q;;-1;+1. The molecule has 8 nitrogen and oxygen atoms in total. The second-order valence-electron chi connectivity index (χ2n) is 7.47. The van der Waals surface area contributed by atoms with Crippen molar-refractivity contribution in [2.24, 2.45) is 0 Å². The molecule has 2 heterocycles. The number of benzene rings is 2. The Labute approximate surface area is 254 Å². The summed E-state index contributed by atoms with van der Waals surface area (Å²) < 4.78 is 30.4. The number of carbonyl (C=O) groups is 2. The van der Waals surface area contributed by atoms with E-state index in [0.29, 0.717) is 25.9 Å². The minimum absolute atomic E-state index is 0. The van der Waals surface area contributed by atoms with Crippen LogP contribution in [-0.4, -0.2) is 38.8 Å². The molecule has 0 aliphatic heterocycles. The van der Waals surface area contributed by atoms with Crippen LogP contribution in [0.1, 0.15) is 29.8 Å². The predicted molar refractivity (Wildman–Crippen MR) is 142 cm³/mol. The summed E-state index contributed by atoms with van der Waals surface area (Å²) >= 11 is 2.92. The van der Waals surface area contributed by atoms with Crippen molar-refractivity contribution in [3.63, 3.8) is 0 Å². The van der Waals surface area contributed by atoms with Gasteiger partial charge in [0.1, 0.15) is 11.6 Å². The molecule has 39 heavy (non-hydrogen) atoms. The van der Waals surface area contributed by atoms with Gasteiger partial charge < -0.3 is 20.9 Å². The van der Waals surface area contributed by atoms with Gasteiger partial charge in [-0.3, -0.25) is 9.59 Å². The molecule has 0 radical (unpaired) electrons. The summed E-state index contributed by atoms with van der Waals surface area (Å²) in [7, 11) is 0. The number of hydrogen-bond donors (Lipinski definition) is 2. The minimum Gasteiger partial charge on any atom is -0.553 e. The van der Waals surface area contributed by atoms with Crippen LogP contribution in [-0.2, 0) is 27.2 Å². The summed E-state index contributed by atoms with van der Waals surface area (Å²) in [4.78, 5) is 30.4. The molecule has 0 aliphatic rings. The number of thiazole rings is 2. The van der Waals surface area contributed by atoms with E-state index in [1.54, 1.807) is 31.2 Å². The first-order valence-corrected chi connectivity index (χ1v) is 13.1. The van der Waals surface area contributed by atoms with Crippen LogP contribution in [0.5, 0.6) is 0 Å². The van der Waals surface area contributed by atoms with Gasteiger partial charge in [-0.15, -0.1) is 22.7 Å². The first-order valence-electron chi connectivity index (χ1n) is 11.3. The number of aromatic nitrogens is 2. The Morgan fingerprint density at radius 2 is 1.23 bits per heavy atom. The van der Waals surface area contributed by atoms with Gasteiger partial charge in [0.25, 0.3) is 0 Å². The maximum absolute atomic E-state index is 12.8. The van der Waals surface area contributed by atoms with E-state index >= 15 is 0 Å². The average Bonchev–Trinajstić information content (AvgIpc) is 3.59. The fourth-order valence-electron chi connectivity index (χ4n) is 3.01. The predicted octanol–water partition coefficient (Wildman–Crippen LogP) is 3.84. The molecule has 0 aliphatic carbocycles. The normalized spacial score (nSPS) is 9.77. The van der Waals surface area contributed by atoms with Gasteiger partial charge in [-0.25, -0.2) is 18.7 Å². The number of carbonyl (C=O) groups excluding carboxylic acids is 1. The summed E-state index contributed by atoms with van der Waals surface area (Å²) in [6, 6.07) is 12.3. The van der Waals surface area contributed by atoms with Gasteiger partial charge in [-0.1, -0.05) is 0 Å². The van der Waals surface area contributed by atoms with Crippen molar-refractivity contribution in [1.29, 1.82) is 0 Å². The number of ether oxygens (including phenoxy) is 1. The number of carboxylic acid groups (broad SMARTS) is 1. The number of rotatable bonds is 9. The van der Waals surface area contributed by atoms with Crippen molar-refractivity contribution in [3.8, 4) is 22.5 Å². The van der Waals surface area contributed by atoms with Crippen LogP contribution in [0.3, 0.4) is 0 Å². The second kappa shape index (κ2) is 18.7. The Balaban J connectivity index is 0.000000360. The topological polar surface area (TPSA) is 133 Å². The summed E-state index contributed by atoms with van der Waals surface area (Å²) in [6.07, 6.45) is 1.42. The zero-order chi connectivity index (χ0) is 27.9. The van der Waals surface area contributed by atoms with Gasteiger partial charge in [0, 0.05) is 34.7 Å². The molecular weight excluding hydrogens is 559 g/mol. The van der Waals surface area contributed by atoms with Gasteiger partial charge >= 0.3 is 41.5 Å². The SMILES string of the molecule is CCOC(=O)CCc1nc(-c2ccc(F)cc2)cs1.O=C(O)CCc1nc(-c2ccc(F)cc2)cs1.[NH-]O.[Na+]. The summed E-state index contributed by atoms with van der Waals surface area (Å²) in [6.45, 7) is 2.19. The first kappa shape index (κ1) is 34.4. The van der Waals surface area contributed by atoms with Crippen molar-refractivity contribution in [3.05, 3.63) is 86.8 Å². The third kappa shape index (κ3) is 12.4. The number of hydrogen-bond acceptors (Lipinski definition) is 8. The Hall–Kier alpha value is -2.58. The van der Waals surface area contributed by atoms with E-state index in [1.165, 1.54) is 46.9 Å². The smallest absolute Gasteiger partial charge is 0.553 e. The third-order valence-electron chi connectivity index (χ3n) is 4.78. The molecule has 0 saturated carbocycles. The summed E-state index contributed by atoms with van der Waals surface area (Å²) in [5.41, 5.74) is 3.28. The molecule has 3 N–H and O–H groups in total. The van der Waals surface area contributed by atoms with Crippen molar-refractivity contribution < 1.29 is 63.0 Å². The molecule has 0 amide bonds. The molecule has 0 saturated heterocycles. The van der Waals surface area contributed by atoms with E-state index in [0.717, 1.165) is 32.5 Å². The molecule has 0 spiro atoms. The second-order valence-corrected chi connectivity index (χ2v) is 9.35.